The van der Waals surface area contributed by atoms with Gasteiger partial charge in [0.25, 0.3) is 0 Å². The average molecular weight is 449 g/mol. The van der Waals surface area contributed by atoms with E-state index in [9.17, 15) is 0 Å². The van der Waals surface area contributed by atoms with Gasteiger partial charge in [-0.05, 0) is 65.9 Å². The Bertz CT molecular complexity index is 1660. The van der Waals surface area contributed by atoms with E-state index in [-0.39, 0.29) is 0 Å². The zero-order valence-corrected chi connectivity index (χ0v) is 20.1. The Morgan fingerprint density at radius 3 is 1.79 bits per heavy atom. The van der Waals surface area contributed by atoms with E-state index in [2.05, 4.69) is 134 Å². The molecule has 1 heterocycles. The van der Waals surface area contributed by atoms with Gasteiger partial charge >= 0.3 is 0 Å². The van der Waals surface area contributed by atoms with Crippen LogP contribution < -0.4 is 20.7 Å². The van der Waals surface area contributed by atoms with E-state index in [1.165, 1.54) is 53.8 Å². The molecule has 0 N–H and O–H groups in total. The van der Waals surface area contributed by atoms with E-state index in [1.807, 2.05) is 0 Å². The summed E-state index contributed by atoms with van der Waals surface area (Å²) in [5, 5.41) is 11.4. The maximum atomic E-state index is 2.39. The molecule has 0 atom stereocenters. The Balaban J connectivity index is 1.79. The number of benzene rings is 6. The standard InChI is InChI=1S/C33H24Si/c1-23-22-24-20-21-30-28-17-10-11-19-31(28)34(25-12-4-2-5-13-25,26-14-6-3-7-15-26)33(30)32(24)29-18-9-8-16-27(23)29/h2-22H,1H3. The second-order valence-electron chi connectivity index (χ2n) is 9.35. The molecule has 1 aliphatic heterocycles. The van der Waals surface area contributed by atoms with Gasteiger partial charge in [0.05, 0.1) is 0 Å². The van der Waals surface area contributed by atoms with Gasteiger partial charge in [0.1, 0.15) is 0 Å². The lowest BCUT2D eigenvalue weighted by Crippen LogP contribution is -2.73. The smallest absolute Gasteiger partial charge is 0.0623 e. The number of fused-ring (bicyclic) bond motifs is 7. The molecule has 7 rings (SSSR count). The fourth-order valence-electron chi connectivity index (χ4n) is 6.32. The van der Waals surface area contributed by atoms with Crippen LogP contribution in [0.15, 0.2) is 127 Å². The third kappa shape index (κ3) is 2.48. The van der Waals surface area contributed by atoms with Crippen LogP contribution in [0.2, 0.25) is 0 Å². The molecular formula is C33H24Si. The molecule has 1 aliphatic rings. The molecule has 0 unspecified atom stereocenters. The summed E-state index contributed by atoms with van der Waals surface area (Å²) in [4.78, 5) is 0. The second-order valence-corrected chi connectivity index (χ2v) is 13.0. The van der Waals surface area contributed by atoms with Crippen LogP contribution in [0.1, 0.15) is 5.56 Å². The zero-order chi connectivity index (χ0) is 22.7. The maximum absolute atomic E-state index is 2.52. The molecule has 0 saturated heterocycles. The molecular weight excluding hydrogens is 424 g/mol. The Morgan fingerprint density at radius 2 is 1.09 bits per heavy atom. The Morgan fingerprint density at radius 1 is 0.500 bits per heavy atom. The molecule has 0 radical (unpaired) electrons. The van der Waals surface area contributed by atoms with Crippen LogP contribution in [0.3, 0.4) is 0 Å². The van der Waals surface area contributed by atoms with Gasteiger partial charge in [-0.3, -0.25) is 0 Å². The van der Waals surface area contributed by atoms with E-state index in [0.29, 0.717) is 0 Å². The minimum absolute atomic E-state index is 1.34. The number of rotatable bonds is 2. The van der Waals surface area contributed by atoms with Crippen LogP contribution in [-0.2, 0) is 0 Å². The largest absolute Gasteiger partial charge is 0.181 e. The van der Waals surface area contributed by atoms with Gasteiger partial charge in [0, 0.05) is 0 Å². The molecule has 0 fully saturated rings. The fourth-order valence-corrected chi connectivity index (χ4v) is 11.8. The summed E-state index contributed by atoms with van der Waals surface area (Å²) < 4.78 is 0. The number of hydrogen-bond donors (Lipinski definition) is 0. The van der Waals surface area contributed by atoms with E-state index in [4.69, 9.17) is 0 Å². The van der Waals surface area contributed by atoms with Gasteiger partial charge < -0.3 is 0 Å². The van der Waals surface area contributed by atoms with Crippen molar-refractivity contribution < 1.29 is 0 Å². The normalized spacial score (nSPS) is 13.7. The molecule has 0 amide bonds. The monoisotopic (exact) mass is 448 g/mol. The highest BCUT2D eigenvalue weighted by Crippen LogP contribution is 2.36. The van der Waals surface area contributed by atoms with Crippen LogP contribution >= 0.6 is 0 Å². The van der Waals surface area contributed by atoms with Crippen LogP contribution in [0.4, 0.5) is 0 Å². The predicted molar refractivity (Wildman–Crippen MR) is 149 cm³/mol. The van der Waals surface area contributed by atoms with Gasteiger partial charge in [0.15, 0.2) is 8.07 Å². The molecule has 160 valence electrons. The van der Waals surface area contributed by atoms with Gasteiger partial charge in [-0.2, -0.15) is 0 Å². The van der Waals surface area contributed by atoms with Gasteiger partial charge in [-0.25, -0.2) is 0 Å². The summed E-state index contributed by atoms with van der Waals surface area (Å²) in [6, 6.07) is 47.8. The summed E-state index contributed by atoms with van der Waals surface area (Å²) >= 11 is 0. The molecule has 0 aromatic heterocycles. The van der Waals surface area contributed by atoms with E-state index in [1.54, 1.807) is 5.19 Å². The molecule has 6 aromatic rings. The lowest BCUT2D eigenvalue weighted by molar-refractivity contribution is 1.56. The minimum atomic E-state index is -2.52. The SMILES string of the molecule is Cc1cc2ccc3c(c2c2ccccc12)[Si](c1ccccc1)(c1ccccc1)c1ccccc1-3. The van der Waals surface area contributed by atoms with Crippen molar-refractivity contribution in [3.8, 4) is 11.1 Å². The lowest BCUT2D eigenvalue weighted by Gasteiger charge is -2.32. The highest BCUT2D eigenvalue weighted by atomic mass is 28.3. The minimum Gasteiger partial charge on any atom is -0.0623 e. The third-order valence-electron chi connectivity index (χ3n) is 7.64. The highest BCUT2D eigenvalue weighted by molar-refractivity contribution is 7.23. The zero-order valence-electron chi connectivity index (χ0n) is 19.1. The van der Waals surface area contributed by atoms with Crippen molar-refractivity contribution >= 4 is 50.4 Å². The summed E-state index contributed by atoms with van der Waals surface area (Å²) in [7, 11) is -2.52. The first-order valence-corrected chi connectivity index (χ1v) is 14.0. The van der Waals surface area contributed by atoms with Gasteiger partial charge in [0.2, 0.25) is 0 Å². The molecule has 0 saturated carbocycles. The molecule has 6 aromatic carbocycles. The van der Waals surface area contributed by atoms with Crippen molar-refractivity contribution in [1.29, 1.82) is 0 Å². The van der Waals surface area contributed by atoms with Crippen molar-refractivity contribution in [3.63, 3.8) is 0 Å². The first-order chi connectivity index (χ1) is 16.8. The van der Waals surface area contributed by atoms with E-state index in [0.717, 1.165) is 0 Å². The van der Waals surface area contributed by atoms with Crippen molar-refractivity contribution in [2.45, 2.75) is 6.92 Å². The summed E-state index contributed by atoms with van der Waals surface area (Å²) in [6.45, 7) is 2.24. The Kier molecular flexibility index (Phi) is 4.18. The van der Waals surface area contributed by atoms with Crippen LogP contribution in [0.25, 0.3) is 32.7 Å². The second kappa shape index (κ2) is 7.28. The maximum Gasteiger partial charge on any atom is 0.181 e. The van der Waals surface area contributed by atoms with Gasteiger partial charge in [-0.15, -0.1) is 0 Å². The summed E-state index contributed by atoms with van der Waals surface area (Å²) in [6.07, 6.45) is 0. The van der Waals surface area contributed by atoms with Crippen LogP contribution in [0, 0.1) is 6.92 Å². The van der Waals surface area contributed by atoms with E-state index >= 15 is 0 Å². The molecule has 0 aliphatic carbocycles. The topological polar surface area (TPSA) is 0 Å². The summed E-state index contributed by atoms with van der Waals surface area (Å²) in [5.74, 6) is 0. The molecule has 1 heteroatoms. The molecule has 0 nitrogen and oxygen atoms in total. The third-order valence-corrected chi connectivity index (χ3v) is 12.6. The van der Waals surface area contributed by atoms with E-state index < -0.39 is 8.07 Å². The fraction of sp³-hybridized carbons (Fsp3) is 0.0303. The number of aryl methyl sites for hydroxylation is 1. The molecule has 0 bridgehead atoms. The van der Waals surface area contributed by atoms with Crippen molar-refractivity contribution in [1.82, 2.24) is 0 Å². The highest BCUT2D eigenvalue weighted by Gasteiger charge is 2.49. The lowest BCUT2D eigenvalue weighted by atomic mass is 9.95. The van der Waals surface area contributed by atoms with Crippen molar-refractivity contribution in [2.75, 3.05) is 0 Å². The molecule has 34 heavy (non-hydrogen) atoms. The Hall–Kier alpha value is -3.94. The quantitative estimate of drug-likeness (QED) is 0.236. The molecule has 0 spiro atoms. The number of hydrogen-bond acceptors (Lipinski definition) is 0. The predicted octanol–water partition coefficient (Wildman–Crippen LogP) is 5.66. The van der Waals surface area contributed by atoms with Crippen LogP contribution in [0.5, 0.6) is 0 Å². The summed E-state index contributed by atoms with van der Waals surface area (Å²) in [5.41, 5.74) is 4.13. The van der Waals surface area contributed by atoms with Gasteiger partial charge in [-0.1, -0.05) is 127 Å². The van der Waals surface area contributed by atoms with Crippen molar-refractivity contribution in [2.24, 2.45) is 0 Å². The average Bonchev–Trinajstić information content (AvgIpc) is 3.21. The Labute approximate surface area is 201 Å². The van der Waals surface area contributed by atoms with Crippen molar-refractivity contribution in [3.05, 3.63) is 133 Å². The first-order valence-electron chi connectivity index (χ1n) is 12.0. The first kappa shape index (κ1) is 19.5. The van der Waals surface area contributed by atoms with Crippen LogP contribution in [-0.4, -0.2) is 8.07 Å².